The van der Waals surface area contributed by atoms with Crippen LogP contribution in [0, 0.1) is 12.8 Å². The SMILES string of the molecule is Cc1ccc(C2(C3CNC3)COC2)o1. The number of ether oxygens (including phenoxy) is 1. The van der Waals surface area contributed by atoms with Crippen molar-refractivity contribution in [3.05, 3.63) is 23.7 Å². The second-order valence-electron chi connectivity index (χ2n) is 4.41. The van der Waals surface area contributed by atoms with E-state index in [9.17, 15) is 0 Å². The average Bonchev–Trinajstić information content (AvgIpc) is 2.40. The summed E-state index contributed by atoms with van der Waals surface area (Å²) in [6, 6.07) is 4.15. The van der Waals surface area contributed by atoms with Gasteiger partial charge in [0.1, 0.15) is 11.5 Å². The molecule has 1 N–H and O–H groups in total. The van der Waals surface area contributed by atoms with Crippen molar-refractivity contribution in [3.8, 4) is 0 Å². The summed E-state index contributed by atoms with van der Waals surface area (Å²) >= 11 is 0. The van der Waals surface area contributed by atoms with Crippen LogP contribution in [0.4, 0.5) is 0 Å². The highest BCUT2D eigenvalue weighted by Gasteiger charge is 2.51. The lowest BCUT2D eigenvalue weighted by Crippen LogP contribution is -2.62. The maximum absolute atomic E-state index is 5.74. The molecule has 3 heterocycles. The van der Waals surface area contributed by atoms with Gasteiger partial charge in [-0.3, -0.25) is 0 Å². The molecule has 2 aliphatic heterocycles. The molecule has 1 aromatic heterocycles. The summed E-state index contributed by atoms with van der Waals surface area (Å²) < 4.78 is 11.1. The topological polar surface area (TPSA) is 34.4 Å². The van der Waals surface area contributed by atoms with Crippen LogP contribution in [0.5, 0.6) is 0 Å². The molecule has 0 radical (unpaired) electrons. The molecule has 0 saturated carbocycles. The van der Waals surface area contributed by atoms with Crippen LogP contribution in [0.25, 0.3) is 0 Å². The molecule has 2 aliphatic rings. The highest BCUT2D eigenvalue weighted by molar-refractivity contribution is 5.23. The van der Waals surface area contributed by atoms with Crippen LogP contribution in [0.1, 0.15) is 11.5 Å². The Hall–Kier alpha value is -0.800. The lowest BCUT2D eigenvalue weighted by atomic mass is 9.69. The molecule has 0 aliphatic carbocycles. The Balaban J connectivity index is 1.92. The zero-order chi connectivity index (χ0) is 9.60. The Bertz CT molecular complexity index is 337. The summed E-state index contributed by atoms with van der Waals surface area (Å²) in [5.41, 5.74) is 0.180. The lowest BCUT2D eigenvalue weighted by molar-refractivity contribution is -0.111. The van der Waals surface area contributed by atoms with Crippen LogP contribution < -0.4 is 5.32 Å². The number of hydrogen-bond acceptors (Lipinski definition) is 3. The van der Waals surface area contributed by atoms with Crippen LogP contribution in [0.2, 0.25) is 0 Å². The number of rotatable bonds is 2. The highest BCUT2D eigenvalue weighted by Crippen LogP contribution is 2.41. The first kappa shape index (κ1) is 8.50. The number of nitrogens with one attached hydrogen (secondary N) is 1. The fraction of sp³-hybridized carbons (Fsp3) is 0.636. The zero-order valence-corrected chi connectivity index (χ0v) is 8.38. The molecular formula is C11H15NO2. The summed E-state index contributed by atoms with van der Waals surface area (Å²) in [6.07, 6.45) is 0. The Morgan fingerprint density at radius 1 is 1.36 bits per heavy atom. The largest absolute Gasteiger partial charge is 0.466 e. The van der Waals surface area contributed by atoms with E-state index >= 15 is 0 Å². The van der Waals surface area contributed by atoms with Gasteiger partial charge in [-0.25, -0.2) is 0 Å². The van der Waals surface area contributed by atoms with Crippen LogP contribution >= 0.6 is 0 Å². The molecule has 0 spiro atoms. The Labute approximate surface area is 83.4 Å². The molecule has 3 rings (SSSR count). The third-order valence-corrected chi connectivity index (χ3v) is 3.51. The summed E-state index contributed by atoms with van der Waals surface area (Å²) in [5, 5.41) is 3.31. The summed E-state index contributed by atoms with van der Waals surface area (Å²) in [4.78, 5) is 0. The lowest BCUT2D eigenvalue weighted by Gasteiger charge is -2.49. The van der Waals surface area contributed by atoms with Gasteiger partial charge < -0.3 is 14.5 Å². The standard InChI is InChI=1S/C11H15NO2/c1-8-2-3-10(14-8)11(6-13-7-11)9-4-12-5-9/h2-3,9,12H,4-7H2,1H3. The van der Waals surface area contributed by atoms with Gasteiger partial charge in [-0.1, -0.05) is 0 Å². The molecule has 3 heteroatoms. The quantitative estimate of drug-likeness (QED) is 0.763. The molecule has 3 nitrogen and oxygen atoms in total. The van der Waals surface area contributed by atoms with Gasteiger partial charge in [-0.05, 0) is 19.1 Å². The molecule has 0 atom stereocenters. The molecule has 0 bridgehead atoms. The number of aryl methyl sites for hydroxylation is 1. The Morgan fingerprint density at radius 3 is 2.50 bits per heavy atom. The van der Waals surface area contributed by atoms with Crippen molar-refractivity contribution in [1.29, 1.82) is 0 Å². The summed E-state index contributed by atoms with van der Waals surface area (Å²) in [5.74, 6) is 2.81. The van der Waals surface area contributed by atoms with Gasteiger partial charge in [0, 0.05) is 19.0 Å². The fourth-order valence-electron chi connectivity index (χ4n) is 2.28. The van der Waals surface area contributed by atoms with Crippen molar-refractivity contribution >= 4 is 0 Å². The van der Waals surface area contributed by atoms with Crippen molar-refractivity contribution in [1.82, 2.24) is 5.32 Å². The molecule has 2 fully saturated rings. The first-order valence-electron chi connectivity index (χ1n) is 5.17. The molecule has 76 valence electrons. The van der Waals surface area contributed by atoms with Gasteiger partial charge in [0.25, 0.3) is 0 Å². The van der Waals surface area contributed by atoms with Gasteiger partial charge in [-0.15, -0.1) is 0 Å². The van der Waals surface area contributed by atoms with Crippen LogP contribution in [0.15, 0.2) is 16.5 Å². The van der Waals surface area contributed by atoms with Gasteiger partial charge in [-0.2, -0.15) is 0 Å². The summed E-state index contributed by atoms with van der Waals surface area (Å²) in [6.45, 7) is 5.85. The maximum Gasteiger partial charge on any atom is 0.115 e. The van der Waals surface area contributed by atoms with Gasteiger partial charge in [0.2, 0.25) is 0 Å². The highest BCUT2D eigenvalue weighted by atomic mass is 16.5. The normalized spacial score (nSPS) is 25.5. The Kier molecular flexibility index (Phi) is 1.73. The van der Waals surface area contributed by atoms with Crippen molar-refractivity contribution in [2.45, 2.75) is 12.3 Å². The second-order valence-corrected chi connectivity index (χ2v) is 4.41. The minimum absolute atomic E-state index is 0.180. The third-order valence-electron chi connectivity index (χ3n) is 3.51. The van der Waals surface area contributed by atoms with E-state index in [4.69, 9.17) is 9.15 Å². The number of hydrogen-bond donors (Lipinski definition) is 1. The van der Waals surface area contributed by atoms with E-state index in [2.05, 4.69) is 11.4 Å². The van der Waals surface area contributed by atoms with E-state index in [1.807, 2.05) is 13.0 Å². The average molecular weight is 193 g/mol. The summed E-state index contributed by atoms with van der Waals surface area (Å²) in [7, 11) is 0. The molecule has 0 amide bonds. The monoisotopic (exact) mass is 193 g/mol. The first-order valence-corrected chi connectivity index (χ1v) is 5.17. The fourth-order valence-corrected chi connectivity index (χ4v) is 2.28. The first-order chi connectivity index (χ1) is 6.81. The molecular weight excluding hydrogens is 178 g/mol. The van der Waals surface area contributed by atoms with Crippen molar-refractivity contribution < 1.29 is 9.15 Å². The van der Waals surface area contributed by atoms with Gasteiger partial charge in [0.15, 0.2) is 0 Å². The molecule has 1 aromatic rings. The van der Waals surface area contributed by atoms with E-state index in [0.29, 0.717) is 5.92 Å². The minimum Gasteiger partial charge on any atom is -0.466 e. The van der Waals surface area contributed by atoms with Crippen LogP contribution in [0.3, 0.4) is 0 Å². The third kappa shape index (κ3) is 0.996. The molecule has 0 aromatic carbocycles. The maximum atomic E-state index is 5.74. The second kappa shape index (κ2) is 2.84. The Morgan fingerprint density at radius 2 is 2.14 bits per heavy atom. The predicted molar refractivity (Wildman–Crippen MR) is 52.3 cm³/mol. The van der Waals surface area contributed by atoms with Gasteiger partial charge >= 0.3 is 0 Å². The van der Waals surface area contributed by atoms with Crippen LogP contribution in [-0.4, -0.2) is 26.3 Å². The minimum atomic E-state index is 0.180. The smallest absolute Gasteiger partial charge is 0.115 e. The zero-order valence-electron chi connectivity index (χ0n) is 8.38. The van der Waals surface area contributed by atoms with Gasteiger partial charge in [0.05, 0.1) is 18.6 Å². The van der Waals surface area contributed by atoms with Crippen molar-refractivity contribution in [2.75, 3.05) is 26.3 Å². The molecule has 0 unspecified atom stereocenters. The van der Waals surface area contributed by atoms with Crippen LogP contribution in [-0.2, 0) is 10.2 Å². The van der Waals surface area contributed by atoms with E-state index in [1.54, 1.807) is 0 Å². The molecule has 14 heavy (non-hydrogen) atoms. The van der Waals surface area contributed by atoms with Crippen molar-refractivity contribution in [3.63, 3.8) is 0 Å². The van der Waals surface area contributed by atoms with E-state index in [-0.39, 0.29) is 5.41 Å². The molecule has 2 saturated heterocycles. The predicted octanol–water partition coefficient (Wildman–Crippen LogP) is 1.08. The van der Waals surface area contributed by atoms with Crippen molar-refractivity contribution in [2.24, 2.45) is 5.92 Å². The number of furan rings is 1. The van der Waals surface area contributed by atoms with E-state index in [0.717, 1.165) is 37.8 Å². The van der Waals surface area contributed by atoms with E-state index < -0.39 is 0 Å². The van der Waals surface area contributed by atoms with E-state index in [1.165, 1.54) is 0 Å².